The number of carbonyl (C=O) groups excluding carboxylic acids is 2. The van der Waals surface area contributed by atoms with Crippen LogP contribution in [0.25, 0.3) is 11.1 Å². The predicted octanol–water partition coefficient (Wildman–Crippen LogP) is 4.67. The van der Waals surface area contributed by atoms with Crippen LogP contribution in [-0.2, 0) is 19.6 Å². The van der Waals surface area contributed by atoms with Gasteiger partial charge in [0.1, 0.15) is 16.3 Å². The molecular weight excluding hydrogens is 464 g/mol. The highest BCUT2D eigenvalue weighted by atomic mass is 32.2. The summed E-state index contributed by atoms with van der Waals surface area (Å²) in [6.07, 6.45) is 0. The Kier molecular flexibility index (Phi) is 7.39. The minimum atomic E-state index is -4.01. The Labute approximate surface area is 196 Å². The van der Waals surface area contributed by atoms with Crippen LogP contribution in [0.1, 0.15) is 29.1 Å². The van der Waals surface area contributed by atoms with Gasteiger partial charge in [0.15, 0.2) is 0 Å². The summed E-state index contributed by atoms with van der Waals surface area (Å²) < 4.78 is 39.1. The highest BCUT2D eigenvalue weighted by Gasteiger charge is 2.27. The molecule has 3 rings (SSSR count). The maximum absolute atomic E-state index is 13.0. The van der Waals surface area contributed by atoms with Crippen molar-refractivity contribution in [3.8, 4) is 16.9 Å². The molecule has 1 heterocycles. The molecule has 0 radical (unpaired) electrons. The standard InChI is InChI=1S/C23H24N2O6S2/c1-5-31-23(27)21-20(16-6-10-18(30-4)11-7-16)14(2)32-22(21)25-33(28,29)19-12-8-17(9-13-19)24-15(3)26/h6-13,25H,5H2,1-4H3,(H,24,26). The van der Waals surface area contributed by atoms with Crippen molar-refractivity contribution in [3.05, 3.63) is 59.0 Å². The normalized spacial score (nSPS) is 11.0. The van der Waals surface area contributed by atoms with Crippen LogP contribution in [0.2, 0.25) is 0 Å². The van der Waals surface area contributed by atoms with Crippen molar-refractivity contribution in [2.45, 2.75) is 25.7 Å². The first-order chi connectivity index (χ1) is 15.7. The summed E-state index contributed by atoms with van der Waals surface area (Å²) in [6, 6.07) is 12.9. The predicted molar refractivity (Wildman–Crippen MR) is 129 cm³/mol. The lowest BCUT2D eigenvalue weighted by atomic mass is 10.0. The third kappa shape index (κ3) is 5.52. The molecule has 1 amide bonds. The van der Waals surface area contributed by atoms with Gasteiger partial charge in [-0.25, -0.2) is 13.2 Å². The van der Waals surface area contributed by atoms with Crippen LogP contribution in [0, 0.1) is 6.92 Å². The number of nitrogens with one attached hydrogen (secondary N) is 2. The topological polar surface area (TPSA) is 111 Å². The SMILES string of the molecule is CCOC(=O)c1c(NS(=O)(=O)c2ccc(NC(C)=O)cc2)sc(C)c1-c1ccc(OC)cc1. The molecule has 0 fully saturated rings. The van der Waals surface area contributed by atoms with Crippen molar-refractivity contribution in [3.63, 3.8) is 0 Å². The summed E-state index contributed by atoms with van der Waals surface area (Å²) in [5.74, 6) is -0.220. The molecule has 3 aromatic rings. The number of carbonyl (C=O) groups is 2. The highest BCUT2D eigenvalue weighted by molar-refractivity contribution is 7.93. The van der Waals surface area contributed by atoms with Crippen LogP contribution in [0.15, 0.2) is 53.4 Å². The van der Waals surface area contributed by atoms with Gasteiger partial charge in [-0.15, -0.1) is 11.3 Å². The minimum absolute atomic E-state index is 0.0107. The van der Waals surface area contributed by atoms with Gasteiger partial charge in [0.25, 0.3) is 10.0 Å². The summed E-state index contributed by atoms with van der Waals surface area (Å²) in [5, 5.41) is 2.76. The maximum Gasteiger partial charge on any atom is 0.341 e. The molecule has 0 spiro atoms. The first kappa shape index (κ1) is 24.3. The molecule has 0 unspecified atom stereocenters. The lowest BCUT2D eigenvalue weighted by Gasteiger charge is -2.11. The van der Waals surface area contributed by atoms with Crippen molar-refractivity contribution in [2.75, 3.05) is 23.8 Å². The second kappa shape index (κ2) is 10.1. The summed E-state index contributed by atoms with van der Waals surface area (Å²) >= 11 is 1.15. The Balaban J connectivity index is 2.03. The summed E-state index contributed by atoms with van der Waals surface area (Å²) in [7, 11) is -2.45. The van der Waals surface area contributed by atoms with E-state index in [1.165, 1.54) is 31.2 Å². The van der Waals surface area contributed by atoms with E-state index in [2.05, 4.69) is 10.0 Å². The zero-order valence-corrected chi connectivity index (χ0v) is 20.2. The van der Waals surface area contributed by atoms with E-state index < -0.39 is 16.0 Å². The molecule has 2 N–H and O–H groups in total. The smallest absolute Gasteiger partial charge is 0.341 e. The number of amides is 1. The molecule has 0 saturated heterocycles. The van der Waals surface area contributed by atoms with Crippen LogP contribution in [0.4, 0.5) is 10.7 Å². The third-order valence-electron chi connectivity index (χ3n) is 4.65. The van der Waals surface area contributed by atoms with E-state index in [0.717, 1.165) is 21.8 Å². The fraction of sp³-hybridized carbons (Fsp3) is 0.217. The van der Waals surface area contributed by atoms with E-state index in [9.17, 15) is 18.0 Å². The van der Waals surface area contributed by atoms with Gasteiger partial charge in [-0.05, 0) is 55.8 Å². The first-order valence-corrected chi connectivity index (χ1v) is 12.3. The molecule has 33 heavy (non-hydrogen) atoms. The van der Waals surface area contributed by atoms with Crippen molar-refractivity contribution >= 4 is 43.9 Å². The van der Waals surface area contributed by atoms with Gasteiger partial charge >= 0.3 is 5.97 Å². The minimum Gasteiger partial charge on any atom is -0.497 e. The number of esters is 1. The number of anilines is 2. The largest absolute Gasteiger partial charge is 0.497 e. The number of hydrogen-bond donors (Lipinski definition) is 2. The molecule has 10 heteroatoms. The molecule has 0 saturated carbocycles. The van der Waals surface area contributed by atoms with Gasteiger partial charge in [-0.3, -0.25) is 9.52 Å². The number of rotatable bonds is 8. The molecule has 0 aliphatic rings. The van der Waals surface area contributed by atoms with E-state index in [1.54, 1.807) is 38.3 Å². The molecule has 0 aliphatic heterocycles. The van der Waals surface area contributed by atoms with Crippen LogP contribution >= 0.6 is 11.3 Å². The van der Waals surface area contributed by atoms with Gasteiger partial charge in [0, 0.05) is 23.1 Å². The van der Waals surface area contributed by atoms with Crippen LogP contribution < -0.4 is 14.8 Å². The van der Waals surface area contributed by atoms with Gasteiger partial charge in [-0.1, -0.05) is 12.1 Å². The number of sulfonamides is 1. The second-order valence-corrected chi connectivity index (χ2v) is 9.90. The number of benzene rings is 2. The molecule has 174 valence electrons. The molecule has 0 bridgehead atoms. The van der Waals surface area contributed by atoms with Crippen molar-refractivity contribution in [1.82, 2.24) is 0 Å². The van der Waals surface area contributed by atoms with Crippen LogP contribution in [-0.4, -0.2) is 34.0 Å². The number of hydrogen-bond acceptors (Lipinski definition) is 7. The summed E-state index contributed by atoms with van der Waals surface area (Å²) in [6.45, 7) is 5.01. The Morgan fingerprint density at radius 3 is 2.21 bits per heavy atom. The molecule has 2 aromatic carbocycles. The van der Waals surface area contributed by atoms with E-state index in [0.29, 0.717) is 17.0 Å². The van der Waals surface area contributed by atoms with Crippen LogP contribution in [0.5, 0.6) is 5.75 Å². The lowest BCUT2D eigenvalue weighted by Crippen LogP contribution is -2.15. The lowest BCUT2D eigenvalue weighted by molar-refractivity contribution is -0.114. The number of aryl methyl sites for hydroxylation is 1. The first-order valence-electron chi connectivity index (χ1n) is 10.0. The van der Waals surface area contributed by atoms with Gasteiger partial charge in [0.2, 0.25) is 5.91 Å². The molecule has 0 aliphatic carbocycles. The summed E-state index contributed by atoms with van der Waals surface area (Å²) in [5.41, 5.74) is 1.96. The molecular formula is C23H24N2O6S2. The van der Waals surface area contributed by atoms with Crippen molar-refractivity contribution < 1.29 is 27.5 Å². The van der Waals surface area contributed by atoms with E-state index in [-0.39, 0.29) is 28.0 Å². The average molecular weight is 489 g/mol. The number of methoxy groups -OCH3 is 1. The fourth-order valence-electron chi connectivity index (χ4n) is 3.22. The van der Waals surface area contributed by atoms with E-state index in [1.807, 2.05) is 6.92 Å². The Morgan fingerprint density at radius 2 is 1.67 bits per heavy atom. The van der Waals surface area contributed by atoms with E-state index in [4.69, 9.17) is 9.47 Å². The number of ether oxygens (including phenoxy) is 2. The van der Waals surface area contributed by atoms with Crippen molar-refractivity contribution in [2.24, 2.45) is 0 Å². The van der Waals surface area contributed by atoms with Crippen LogP contribution in [0.3, 0.4) is 0 Å². The van der Waals surface area contributed by atoms with Gasteiger partial charge in [-0.2, -0.15) is 0 Å². The zero-order chi connectivity index (χ0) is 24.2. The Hall–Kier alpha value is -3.37. The third-order valence-corrected chi connectivity index (χ3v) is 7.17. The molecule has 8 nitrogen and oxygen atoms in total. The Morgan fingerprint density at radius 1 is 1.03 bits per heavy atom. The molecule has 0 atom stereocenters. The fourth-order valence-corrected chi connectivity index (χ4v) is 5.59. The van der Waals surface area contributed by atoms with Gasteiger partial charge < -0.3 is 14.8 Å². The second-order valence-electron chi connectivity index (χ2n) is 7.00. The molecule has 1 aromatic heterocycles. The number of thiophene rings is 1. The van der Waals surface area contributed by atoms with E-state index >= 15 is 0 Å². The quantitative estimate of drug-likeness (QED) is 0.446. The van der Waals surface area contributed by atoms with Crippen molar-refractivity contribution in [1.29, 1.82) is 0 Å². The monoisotopic (exact) mass is 488 g/mol. The highest BCUT2D eigenvalue weighted by Crippen LogP contribution is 2.41. The average Bonchev–Trinajstić information content (AvgIpc) is 3.08. The zero-order valence-electron chi connectivity index (χ0n) is 18.6. The maximum atomic E-state index is 13.0. The van der Waals surface area contributed by atoms with Gasteiger partial charge in [0.05, 0.1) is 18.6 Å². The summed E-state index contributed by atoms with van der Waals surface area (Å²) in [4.78, 5) is 24.8. The Bertz CT molecular complexity index is 1260.